The number of benzene rings is 1. The van der Waals surface area contributed by atoms with E-state index in [1.165, 1.54) is 0 Å². The predicted molar refractivity (Wildman–Crippen MR) is 83.9 cm³/mol. The summed E-state index contributed by atoms with van der Waals surface area (Å²) >= 11 is 7.33. The summed E-state index contributed by atoms with van der Waals surface area (Å²) in [5, 5.41) is 0. The van der Waals surface area contributed by atoms with Gasteiger partial charge in [-0.15, -0.1) is 0 Å². The summed E-state index contributed by atoms with van der Waals surface area (Å²) in [4.78, 5) is 3.15. The average molecular weight is 378 g/mol. The van der Waals surface area contributed by atoms with Crippen LogP contribution < -0.4 is 0 Å². The molecule has 1 heterocycles. The van der Waals surface area contributed by atoms with E-state index in [9.17, 15) is 4.39 Å². The molecule has 1 aromatic carbocycles. The van der Waals surface area contributed by atoms with Gasteiger partial charge in [-0.1, -0.05) is 20.8 Å². The fourth-order valence-corrected chi connectivity index (χ4v) is 2.59. The maximum absolute atomic E-state index is 13.7. The molecule has 0 saturated heterocycles. The van der Waals surface area contributed by atoms with Gasteiger partial charge in [0.1, 0.15) is 5.82 Å². The topological polar surface area (TPSA) is 20.7 Å². The first-order valence-corrected chi connectivity index (χ1v) is 7.40. The van der Waals surface area contributed by atoms with Gasteiger partial charge in [-0.05, 0) is 52.7 Å². The normalized spacial score (nSPS) is 12.3. The number of halogens is 2. The maximum atomic E-state index is 13.7. The fraction of sp³-hybridized carbons (Fsp3) is 0.462. The Labute approximate surface area is 125 Å². The molecule has 18 heavy (non-hydrogen) atoms. The number of fused-ring (bicyclic) bond motifs is 1. The van der Waals surface area contributed by atoms with Crippen molar-refractivity contribution in [3.05, 3.63) is 26.3 Å². The maximum Gasteiger partial charge on any atom is 0.178 e. The van der Waals surface area contributed by atoms with Crippen LogP contribution in [0.15, 0.2) is 12.1 Å². The summed E-state index contributed by atoms with van der Waals surface area (Å²) in [5.41, 5.74) is 1.89. The first kappa shape index (κ1) is 14.0. The molecule has 0 atom stereocenters. The zero-order valence-electron chi connectivity index (χ0n) is 10.7. The lowest BCUT2D eigenvalue weighted by atomic mass is 9.90. The summed E-state index contributed by atoms with van der Waals surface area (Å²) in [6.07, 6.45) is 1.05. The molecule has 2 nitrogen and oxygen atoms in total. The van der Waals surface area contributed by atoms with Crippen LogP contribution in [0.1, 0.15) is 27.2 Å². The van der Waals surface area contributed by atoms with Crippen molar-refractivity contribution in [3.8, 4) is 0 Å². The number of nitrogens with one attached hydrogen (secondary N) is 1. The van der Waals surface area contributed by atoms with Crippen molar-refractivity contribution in [1.82, 2.24) is 9.55 Å². The molecule has 0 radical (unpaired) electrons. The van der Waals surface area contributed by atoms with Crippen LogP contribution in [0.4, 0.5) is 4.39 Å². The third-order valence-electron chi connectivity index (χ3n) is 3.36. The number of rotatable bonds is 3. The number of nitrogens with zero attached hydrogens (tertiary/aromatic N) is 1. The Morgan fingerprint density at radius 2 is 2.11 bits per heavy atom. The Hall–Kier alpha value is -0.430. The molecule has 0 aliphatic rings. The van der Waals surface area contributed by atoms with Crippen molar-refractivity contribution in [2.45, 2.75) is 33.7 Å². The van der Waals surface area contributed by atoms with E-state index in [2.05, 4.69) is 25.8 Å². The quantitative estimate of drug-likeness (QED) is 0.597. The summed E-state index contributed by atoms with van der Waals surface area (Å²) < 4.78 is 16.9. The summed E-state index contributed by atoms with van der Waals surface area (Å²) in [6.45, 7) is 7.33. The Kier molecular flexibility index (Phi) is 3.82. The van der Waals surface area contributed by atoms with Gasteiger partial charge in [-0.3, -0.25) is 0 Å². The van der Waals surface area contributed by atoms with Crippen LogP contribution in [-0.4, -0.2) is 9.55 Å². The van der Waals surface area contributed by atoms with E-state index in [1.54, 1.807) is 12.1 Å². The number of aromatic nitrogens is 2. The van der Waals surface area contributed by atoms with Crippen molar-refractivity contribution in [1.29, 1.82) is 0 Å². The Morgan fingerprint density at radius 3 is 2.72 bits per heavy atom. The molecule has 0 saturated carbocycles. The van der Waals surface area contributed by atoms with E-state index >= 15 is 0 Å². The number of imidazole rings is 1. The van der Waals surface area contributed by atoms with Crippen LogP contribution in [0.25, 0.3) is 11.0 Å². The van der Waals surface area contributed by atoms with Crippen LogP contribution in [0.3, 0.4) is 0 Å². The smallest absolute Gasteiger partial charge is 0.178 e. The second-order valence-electron chi connectivity index (χ2n) is 5.32. The Balaban J connectivity index is 2.60. The summed E-state index contributed by atoms with van der Waals surface area (Å²) in [5.74, 6) is -0.194. The van der Waals surface area contributed by atoms with Gasteiger partial charge in [0.2, 0.25) is 0 Å². The van der Waals surface area contributed by atoms with E-state index in [0.29, 0.717) is 8.34 Å². The molecule has 0 amide bonds. The van der Waals surface area contributed by atoms with Gasteiger partial charge in [0.15, 0.2) is 4.77 Å². The van der Waals surface area contributed by atoms with Gasteiger partial charge < -0.3 is 9.55 Å². The molecule has 5 heteroatoms. The predicted octanol–water partition coefficient (Wildman–Crippen LogP) is 4.88. The molecule has 0 aliphatic carbocycles. The summed E-state index contributed by atoms with van der Waals surface area (Å²) in [7, 11) is 0. The first-order valence-electron chi connectivity index (χ1n) is 5.91. The standard InChI is InChI=1S/C13H16FIN2S/c1-4-13(2,3)7-17-11-5-8(14)9(15)6-10(11)16-12(17)18/h5-6H,4,7H2,1-3H3,(H,16,18). The Bertz CT molecular complexity index is 642. The monoisotopic (exact) mass is 378 g/mol. The minimum atomic E-state index is -0.194. The van der Waals surface area contributed by atoms with Gasteiger partial charge in [0.25, 0.3) is 0 Å². The number of H-pyrrole nitrogens is 1. The highest BCUT2D eigenvalue weighted by atomic mass is 127. The lowest BCUT2D eigenvalue weighted by Crippen LogP contribution is -2.18. The molecule has 0 spiro atoms. The number of aromatic amines is 1. The lowest BCUT2D eigenvalue weighted by Gasteiger charge is -2.23. The minimum Gasteiger partial charge on any atom is -0.331 e. The van der Waals surface area contributed by atoms with E-state index in [4.69, 9.17) is 12.2 Å². The molecular formula is C13H16FIN2S. The van der Waals surface area contributed by atoms with Crippen molar-refractivity contribution in [2.75, 3.05) is 0 Å². The molecule has 1 N–H and O–H groups in total. The van der Waals surface area contributed by atoms with E-state index in [-0.39, 0.29) is 11.2 Å². The largest absolute Gasteiger partial charge is 0.331 e. The zero-order chi connectivity index (χ0) is 13.5. The SMILES string of the molecule is CCC(C)(C)Cn1c(=S)[nH]c2cc(I)c(F)cc21. The van der Waals surface area contributed by atoms with Crippen molar-refractivity contribution in [2.24, 2.45) is 5.41 Å². The molecule has 0 aliphatic heterocycles. The van der Waals surface area contributed by atoms with Crippen LogP contribution in [0.2, 0.25) is 0 Å². The highest BCUT2D eigenvalue weighted by molar-refractivity contribution is 14.1. The molecule has 0 fully saturated rings. The fourth-order valence-electron chi connectivity index (χ4n) is 1.85. The van der Waals surface area contributed by atoms with E-state index < -0.39 is 0 Å². The molecule has 0 bridgehead atoms. The second kappa shape index (κ2) is 4.92. The third kappa shape index (κ3) is 2.61. The summed E-state index contributed by atoms with van der Waals surface area (Å²) in [6, 6.07) is 3.37. The minimum absolute atomic E-state index is 0.146. The molecule has 2 aromatic rings. The molecule has 98 valence electrons. The van der Waals surface area contributed by atoms with Crippen molar-refractivity contribution in [3.63, 3.8) is 0 Å². The molecule has 0 unspecified atom stereocenters. The number of hydrogen-bond donors (Lipinski definition) is 1. The lowest BCUT2D eigenvalue weighted by molar-refractivity contribution is 0.297. The highest BCUT2D eigenvalue weighted by Crippen LogP contribution is 2.27. The second-order valence-corrected chi connectivity index (χ2v) is 6.87. The average Bonchev–Trinajstić information content (AvgIpc) is 2.57. The number of hydrogen-bond acceptors (Lipinski definition) is 1. The van der Waals surface area contributed by atoms with Crippen LogP contribution in [-0.2, 0) is 6.54 Å². The van der Waals surface area contributed by atoms with Gasteiger partial charge in [0, 0.05) is 12.6 Å². The van der Waals surface area contributed by atoms with Gasteiger partial charge in [0.05, 0.1) is 14.6 Å². The highest BCUT2D eigenvalue weighted by Gasteiger charge is 2.18. The van der Waals surface area contributed by atoms with Crippen molar-refractivity contribution < 1.29 is 4.39 Å². The van der Waals surface area contributed by atoms with Crippen LogP contribution >= 0.6 is 34.8 Å². The van der Waals surface area contributed by atoms with Gasteiger partial charge >= 0.3 is 0 Å². The molecular weight excluding hydrogens is 362 g/mol. The zero-order valence-corrected chi connectivity index (χ0v) is 13.7. The Morgan fingerprint density at radius 1 is 1.44 bits per heavy atom. The third-order valence-corrected chi connectivity index (χ3v) is 4.51. The van der Waals surface area contributed by atoms with Crippen LogP contribution in [0.5, 0.6) is 0 Å². The van der Waals surface area contributed by atoms with Gasteiger partial charge in [-0.2, -0.15) is 0 Å². The van der Waals surface area contributed by atoms with E-state index in [0.717, 1.165) is 24.0 Å². The molecule has 1 aromatic heterocycles. The van der Waals surface area contributed by atoms with Crippen molar-refractivity contribution >= 4 is 45.8 Å². The molecule has 2 rings (SSSR count). The van der Waals surface area contributed by atoms with Crippen LogP contribution in [0, 0.1) is 19.6 Å². The van der Waals surface area contributed by atoms with Gasteiger partial charge in [-0.25, -0.2) is 4.39 Å². The first-order chi connectivity index (χ1) is 8.34. The van der Waals surface area contributed by atoms with E-state index in [1.807, 2.05) is 27.2 Å².